The smallest absolute Gasteiger partial charge is 0.308 e. The number of rotatable bonds is 7. The van der Waals surface area contributed by atoms with Gasteiger partial charge >= 0.3 is 6.18 Å². The number of benzene rings is 6. The van der Waals surface area contributed by atoms with Crippen molar-refractivity contribution in [2.45, 2.75) is 61.6 Å². The van der Waals surface area contributed by atoms with Crippen LogP contribution in [0.2, 0.25) is 0 Å². The lowest BCUT2D eigenvalue weighted by molar-refractivity contribution is -0.137. The summed E-state index contributed by atoms with van der Waals surface area (Å²) < 4.78 is 52.1. The van der Waals surface area contributed by atoms with Crippen LogP contribution in [0.3, 0.4) is 0 Å². The summed E-state index contributed by atoms with van der Waals surface area (Å²) in [5, 5.41) is 25.2. The predicted octanol–water partition coefficient (Wildman–Crippen LogP) is 12.2. The first-order valence-electron chi connectivity index (χ1n) is 24.6. The molecule has 6 aromatic carbocycles. The minimum absolute atomic E-state index is 0.0138. The SMILES string of the molecule is Cc1nc(C)nc(-c2ccc3c4ccc(-c5nc(C)nc(C)n5)cc4n(-c4cc(C#N)cc(-n5c6cc(-c7nc(C)nc(C)n7)ccc6c6ccc(-c7nc(C)nc(C)n7)cc65)c4-c4c(C#N)cccc4C(F)(F)F)c3c2)n1. The molecule has 16 nitrogen and oxygen atoms in total. The van der Waals surface area contributed by atoms with Gasteiger partial charge in [0.25, 0.3) is 0 Å². The molecular formula is C59H41F3N16. The van der Waals surface area contributed by atoms with E-state index in [1.807, 2.05) is 81.9 Å². The Morgan fingerprint density at radius 2 is 0.679 bits per heavy atom. The van der Waals surface area contributed by atoms with E-state index in [9.17, 15) is 10.5 Å². The zero-order chi connectivity index (χ0) is 54.5. The van der Waals surface area contributed by atoms with Crippen LogP contribution in [0.5, 0.6) is 0 Å². The molecule has 0 radical (unpaired) electrons. The minimum Gasteiger partial charge on any atom is -0.308 e. The summed E-state index contributed by atoms with van der Waals surface area (Å²) in [5.41, 5.74) is 3.08. The van der Waals surface area contributed by atoms with Gasteiger partial charge in [-0.15, -0.1) is 0 Å². The Balaban J connectivity index is 1.30. The fourth-order valence-electron chi connectivity index (χ4n) is 10.5. The summed E-state index contributed by atoms with van der Waals surface area (Å²) in [6.45, 7) is 14.1. The minimum atomic E-state index is -4.99. The highest BCUT2D eigenvalue weighted by atomic mass is 19.4. The van der Waals surface area contributed by atoms with Crippen LogP contribution in [-0.2, 0) is 6.18 Å². The van der Waals surface area contributed by atoms with Crippen molar-refractivity contribution < 1.29 is 13.2 Å². The highest BCUT2D eigenvalue weighted by molar-refractivity contribution is 6.14. The summed E-state index contributed by atoms with van der Waals surface area (Å²) >= 11 is 0. The van der Waals surface area contributed by atoms with Crippen LogP contribution >= 0.6 is 0 Å². The fraction of sp³-hybridized carbons (Fsp3) is 0.153. The van der Waals surface area contributed by atoms with Gasteiger partial charge in [0.15, 0.2) is 23.3 Å². The first-order valence-corrected chi connectivity index (χ1v) is 24.6. The third-order valence-electron chi connectivity index (χ3n) is 13.5. The fourth-order valence-corrected chi connectivity index (χ4v) is 10.5. The van der Waals surface area contributed by atoms with E-state index >= 15 is 13.2 Å². The van der Waals surface area contributed by atoms with Crippen LogP contribution in [0.1, 0.15) is 63.3 Å². The number of hydrogen-bond acceptors (Lipinski definition) is 14. The Bertz CT molecular complexity index is 4090. The van der Waals surface area contributed by atoms with Crippen molar-refractivity contribution in [2.75, 3.05) is 0 Å². The monoisotopic (exact) mass is 1030 g/mol. The summed E-state index contributed by atoms with van der Waals surface area (Å²) in [5.74, 6) is 5.44. The lowest BCUT2D eigenvalue weighted by Gasteiger charge is -2.24. The van der Waals surface area contributed by atoms with Gasteiger partial charge in [-0.3, -0.25) is 0 Å². The zero-order valence-electron chi connectivity index (χ0n) is 43.1. The molecule has 0 spiro atoms. The van der Waals surface area contributed by atoms with Crippen LogP contribution in [0, 0.1) is 78.1 Å². The highest BCUT2D eigenvalue weighted by Gasteiger charge is 2.37. The first-order chi connectivity index (χ1) is 37.4. The largest absolute Gasteiger partial charge is 0.417 e. The number of nitriles is 2. The molecule has 0 aliphatic rings. The second kappa shape index (κ2) is 18.2. The molecule has 19 heteroatoms. The Morgan fingerprint density at radius 1 is 0.372 bits per heavy atom. The average Bonchev–Trinajstić information content (AvgIpc) is 4.02. The molecule has 0 fully saturated rings. The van der Waals surface area contributed by atoms with E-state index in [2.05, 4.69) is 71.9 Å². The van der Waals surface area contributed by atoms with Crippen molar-refractivity contribution in [1.82, 2.24) is 68.9 Å². The van der Waals surface area contributed by atoms with Crippen molar-refractivity contribution in [3.05, 3.63) is 166 Å². The molecule has 0 aliphatic carbocycles. The molecule has 378 valence electrons. The molecule has 0 unspecified atom stereocenters. The van der Waals surface area contributed by atoms with E-state index in [0.29, 0.717) is 136 Å². The lowest BCUT2D eigenvalue weighted by atomic mass is 9.90. The van der Waals surface area contributed by atoms with E-state index in [4.69, 9.17) is 0 Å². The summed E-state index contributed by atoms with van der Waals surface area (Å²) in [6, 6.07) is 33.9. The van der Waals surface area contributed by atoms with E-state index < -0.39 is 17.3 Å². The Kier molecular flexibility index (Phi) is 11.4. The molecule has 0 N–H and O–H groups in total. The molecule has 78 heavy (non-hydrogen) atoms. The van der Waals surface area contributed by atoms with E-state index in [-0.39, 0.29) is 28.1 Å². The number of aryl methyl sites for hydroxylation is 8. The van der Waals surface area contributed by atoms with Gasteiger partial charge in [0, 0.05) is 54.9 Å². The third kappa shape index (κ3) is 8.34. The number of halogens is 3. The Labute approximate surface area is 442 Å². The van der Waals surface area contributed by atoms with E-state index in [0.717, 1.165) is 6.07 Å². The molecule has 6 heterocycles. The molecule has 6 aromatic heterocycles. The number of fused-ring (bicyclic) bond motifs is 6. The molecule has 0 aliphatic heterocycles. The molecule has 0 saturated heterocycles. The molecule has 0 amide bonds. The predicted molar refractivity (Wildman–Crippen MR) is 288 cm³/mol. The van der Waals surface area contributed by atoms with Crippen LogP contribution < -0.4 is 0 Å². The maximum Gasteiger partial charge on any atom is 0.417 e. The third-order valence-corrected chi connectivity index (χ3v) is 13.5. The second-order valence-corrected chi connectivity index (χ2v) is 19.0. The maximum absolute atomic E-state index is 16.1. The van der Waals surface area contributed by atoms with Gasteiger partial charge in [-0.25, -0.2) is 59.8 Å². The standard InChI is InChI=1S/C59H41F3N16/c1-28-65-29(2)70-55(69-28)37-12-16-42-43-17-13-38(56-71-30(3)66-31(4)72-56)23-48(43)77(47(42)22-37)51-20-36(26-63)21-52(54(51)53-41(27-64)10-9-11-46(53)59(60,61)62)78-49-24-39(57-73-32(5)67-33(6)74-57)14-18-44(49)45-19-15-40(25-50(45)78)58-75-34(7)68-35(8)76-58/h9-25H,1-8H3. The Morgan fingerprint density at radius 3 is 0.949 bits per heavy atom. The zero-order valence-corrected chi connectivity index (χ0v) is 43.1. The second-order valence-electron chi connectivity index (χ2n) is 19.0. The quantitative estimate of drug-likeness (QED) is 0.145. The topological polar surface area (TPSA) is 212 Å². The van der Waals surface area contributed by atoms with Crippen molar-refractivity contribution in [2.24, 2.45) is 0 Å². The van der Waals surface area contributed by atoms with Crippen molar-refractivity contribution in [3.8, 4) is 80.2 Å². The lowest BCUT2D eigenvalue weighted by Crippen LogP contribution is -2.12. The molecule has 12 rings (SSSR count). The Hall–Kier alpha value is -10.3. The van der Waals surface area contributed by atoms with Gasteiger partial charge in [-0.1, -0.05) is 54.6 Å². The van der Waals surface area contributed by atoms with Gasteiger partial charge in [0.05, 0.1) is 62.3 Å². The molecule has 0 bridgehead atoms. The number of hydrogen-bond donors (Lipinski definition) is 0. The summed E-state index contributed by atoms with van der Waals surface area (Å²) in [4.78, 5) is 55.1. The molecule has 12 aromatic rings. The van der Waals surface area contributed by atoms with E-state index in [1.165, 1.54) is 12.1 Å². The van der Waals surface area contributed by atoms with Gasteiger partial charge in [0.2, 0.25) is 0 Å². The average molecular weight is 1030 g/mol. The van der Waals surface area contributed by atoms with Gasteiger partial charge in [0.1, 0.15) is 46.6 Å². The van der Waals surface area contributed by atoms with Crippen LogP contribution in [-0.4, -0.2) is 68.9 Å². The van der Waals surface area contributed by atoms with Crippen molar-refractivity contribution in [3.63, 3.8) is 0 Å². The number of aromatic nitrogens is 14. The highest BCUT2D eigenvalue weighted by Crippen LogP contribution is 2.49. The van der Waals surface area contributed by atoms with Gasteiger partial charge in [-0.2, -0.15) is 23.7 Å². The van der Waals surface area contributed by atoms with Crippen molar-refractivity contribution in [1.29, 1.82) is 10.5 Å². The summed E-state index contributed by atoms with van der Waals surface area (Å²) in [7, 11) is 0. The summed E-state index contributed by atoms with van der Waals surface area (Å²) in [6.07, 6.45) is -4.99. The number of alkyl halides is 3. The first kappa shape index (κ1) is 48.7. The van der Waals surface area contributed by atoms with Gasteiger partial charge < -0.3 is 9.13 Å². The number of nitrogens with zero attached hydrogens (tertiary/aromatic N) is 16. The molecule has 0 saturated carbocycles. The van der Waals surface area contributed by atoms with Crippen molar-refractivity contribution >= 4 is 43.6 Å². The maximum atomic E-state index is 16.1. The van der Waals surface area contributed by atoms with Crippen LogP contribution in [0.25, 0.3) is 112 Å². The van der Waals surface area contributed by atoms with Crippen LogP contribution in [0.15, 0.2) is 103 Å². The molecular weight excluding hydrogens is 990 g/mol. The normalized spacial score (nSPS) is 11.8. The van der Waals surface area contributed by atoms with E-state index in [1.54, 1.807) is 67.5 Å². The molecule has 0 atom stereocenters. The van der Waals surface area contributed by atoms with Crippen LogP contribution in [0.4, 0.5) is 13.2 Å². The van der Waals surface area contributed by atoms with Gasteiger partial charge in [-0.05, 0) is 104 Å².